The van der Waals surface area contributed by atoms with Crippen LogP contribution in [0, 0.1) is 0 Å². The first kappa shape index (κ1) is 17.2. The summed E-state index contributed by atoms with van der Waals surface area (Å²) in [4.78, 5) is 12.6. The van der Waals surface area contributed by atoms with Crippen molar-refractivity contribution in [3.8, 4) is 0 Å². The topological polar surface area (TPSA) is 83.5 Å². The van der Waals surface area contributed by atoms with Gasteiger partial charge in [-0.1, -0.05) is 42.5 Å². The summed E-state index contributed by atoms with van der Waals surface area (Å²) in [7, 11) is -4.43. The zero-order valence-corrected chi connectivity index (χ0v) is 14.9. The Hall–Kier alpha value is -3.22. The summed E-state index contributed by atoms with van der Waals surface area (Å²) >= 11 is 0. The Labute approximate surface area is 156 Å². The molecule has 0 aliphatic rings. The fraction of sp³-hybridized carbons (Fsp3) is 0. The summed E-state index contributed by atoms with van der Waals surface area (Å²) in [5, 5.41) is 5.25. The molecule has 0 aliphatic heterocycles. The largest absolute Gasteiger partial charge is 0.322 e. The van der Waals surface area contributed by atoms with Crippen molar-refractivity contribution in [2.45, 2.75) is 4.90 Å². The first-order chi connectivity index (χ1) is 12.9. The fourth-order valence-electron chi connectivity index (χ4n) is 3.15. The van der Waals surface area contributed by atoms with E-state index in [0.29, 0.717) is 22.0 Å². The van der Waals surface area contributed by atoms with E-state index in [4.69, 9.17) is 0 Å². The molecule has 0 spiro atoms. The number of anilines is 1. The molecule has 0 heterocycles. The molecule has 0 aliphatic carbocycles. The lowest BCUT2D eigenvalue weighted by atomic mass is 9.99. The Morgan fingerprint density at radius 2 is 1.37 bits per heavy atom. The molecule has 27 heavy (non-hydrogen) atoms. The second-order valence-corrected chi connectivity index (χ2v) is 7.54. The molecule has 6 heteroatoms. The molecule has 0 saturated heterocycles. The van der Waals surface area contributed by atoms with Crippen LogP contribution < -0.4 is 5.32 Å². The number of nitrogens with one attached hydrogen (secondary N) is 1. The first-order valence-electron chi connectivity index (χ1n) is 8.23. The Bertz CT molecular complexity index is 1280. The third kappa shape index (κ3) is 3.28. The molecular weight excluding hydrogens is 362 g/mol. The Kier molecular flexibility index (Phi) is 4.14. The van der Waals surface area contributed by atoms with Gasteiger partial charge in [-0.25, -0.2) is 0 Å². The fourth-order valence-corrected chi connectivity index (χ4v) is 3.84. The molecule has 0 radical (unpaired) electrons. The number of hydrogen-bond acceptors (Lipinski definition) is 3. The zero-order chi connectivity index (χ0) is 19.0. The van der Waals surface area contributed by atoms with E-state index in [0.717, 1.165) is 10.8 Å². The number of para-hydroxylation sites is 1. The van der Waals surface area contributed by atoms with Crippen molar-refractivity contribution in [2.75, 3.05) is 5.32 Å². The highest BCUT2D eigenvalue weighted by Crippen LogP contribution is 2.31. The maximum atomic E-state index is 12.8. The standard InChI is InChI=1S/C21H15NO4S/c23-21(22-16-8-2-1-3-9-16)17-10-11-20(27(24,25)26)19-13-15-7-5-4-6-14(15)12-18(17)19/h1-13H,(H,22,23)(H,24,25,26). The van der Waals surface area contributed by atoms with E-state index in [2.05, 4.69) is 5.32 Å². The number of carbonyl (C=O) groups excluding carboxylic acids is 1. The van der Waals surface area contributed by atoms with Crippen LogP contribution >= 0.6 is 0 Å². The molecule has 0 aromatic heterocycles. The van der Waals surface area contributed by atoms with Crippen LogP contribution in [0.4, 0.5) is 5.69 Å². The number of fused-ring (bicyclic) bond motifs is 2. The molecule has 4 rings (SSSR count). The van der Waals surface area contributed by atoms with Crippen molar-refractivity contribution in [3.63, 3.8) is 0 Å². The van der Waals surface area contributed by atoms with Crippen LogP contribution in [0.3, 0.4) is 0 Å². The molecule has 0 fully saturated rings. The number of hydrogen-bond donors (Lipinski definition) is 2. The van der Waals surface area contributed by atoms with Gasteiger partial charge in [-0.05, 0) is 52.6 Å². The molecule has 5 nitrogen and oxygen atoms in total. The number of amides is 1. The number of rotatable bonds is 3. The minimum Gasteiger partial charge on any atom is -0.322 e. The predicted molar refractivity (Wildman–Crippen MR) is 106 cm³/mol. The molecule has 4 aromatic rings. The van der Waals surface area contributed by atoms with Gasteiger partial charge in [-0.2, -0.15) is 8.42 Å². The van der Waals surface area contributed by atoms with Crippen LogP contribution in [0.2, 0.25) is 0 Å². The Morgan fingerprint density at radius 1 is 0.778 bits per heavy atom. The lowest BCUT2D eigenvalue weighted by molar-refractivity contribution is 0.102. The van der Waals surface area contributed by atoms with E-state index >= 15 is 0 Å². The average molecular weight is 377 g/mol. The van der Waals surface area contributed by atoms with Gasteiger partial charge in [0, 0.05) is 16.6 Å². The molecule has 1 amide bonds. The molecule has 0 bridgehead atoms. The van der Waals surface area contributed by atoms with E-state index in [1.807, 2.05) is 42.5 Å². The zero-order valence-electron chi connectivity index (χ0n) is 14.1. The Balaban J connectivity index is 1.96. The van der Waals surface area contributed by atoms with Gasteiger partial charge in [0.05, 0.1) is 0 Å². The van der Waals surface area contributed by atoms with Crippen molar-refractivity contribution in [2.24, 2.45) is 0 Å². The van der Waals surface area contributed by atoms with E-state index in [1.165, 1.54) is 12.1 Å². The van der Waals surface area contributed by atoms with Crippen molar-refractivity contribution in [1.82, 2.24) is 0 Å². The van der Waals surface area contributed by atoms with Crippen LogP contribution in [0.5, 0.6) is 0 Å². The van der Waals surface area contributed by atoms with E-state index < -0.39 is 10.1 Å². The highest BCUT2D eigenvalue weighted by atomic mass is 32.2. The van der Waals surface area contributed by atoms with Gasteiger partial charge in [-0.15, -0.1) is 0 Å². The highest BCUT2D eigenvalue weighted by Gasteiger charge is 2.19. The third-order valence-electron chi connectivity index (χ3n) is 4.40. The van der Waals surface area contributed by atoms with Gasteiger partial charge < -0.3 is 5.32 Å². The average Bonchev–Trinajstić information content (AvgIpc) is 2.65. The summed E-state index contributed by atoms with van der Waals surface area (Å²) in [6.45, 7) is 0. The van der Waals surface area contributed by atoms with Crippen LogP contribution in [-0.2, 0) is 10.1 Å². The monoisotopic (exact) mass is 377 g/mol. The predicted octanol–water partition coefficient (Wildman–Crippen LogP) is 4.49. The number of benzene rings is 4. The lowest BCUT2D eigenvalue weighted by Gasteiger charge is -2.12. The highest BCUT2D eigenvalue weighted by molar-refractivity contribution is 7.86. The quantitative estimate of drug-likeness (QED) is 0.407. The molecule has 4 aromatic carbocycles. The molecule has 0 atom stereocenters. The maximum Gasteiger partial charge on any atom is 0.295 e. The van der Waals surface area contributed by atoms with Crippen LogP contribution in [-0.4, -0.2) is 18.9 Å². The van der Waals surface area contributed by atoms with Gasteiger partial charge >= 0.3 is 0 Å². The van der Waals surface area contributed by atoms with Crippen LogP contribution in [0.25, 0.3) is 21.5 Å². The van der Waals surface area contributed by atoms with Gasteiger partial charge in [0.2, 0.25) is 0 Å². The molecule has 0 saturated carbocycles. The van der Waals surface area contributed by atoms with E-state index in [-0.39, 0.29) is 10.8 Å². The number of carbonyl (C=O) groups is 1. The first-order valence-corrected chi connectivity index (χ1v) is 9.67. The van der Waals surface area contributed by atoms with Gasteiger partial charge in [0.1, 0.15) is 4.90 Å². The summed E-state index contributed by atoms with van der Waals surface area (Å²) in [6, 6.07) is 22.5. The summed E-state index contributed by atoms with van der Waals surface area (Å²) in [6.07, 6.45) is 0. The lowest BCUT2D eigenvalue weighted by Crippen LogP contribution is -2.13. The van der Waals surface area contributed by atoms with Crippen LogP contribution in [0.1, 0.15) is 10.4 Å². The van der Waals surface area contributed by atoms with Gasteiger partial charge in [0.15, 0.2) is 0 Å². The minimum atomic E-state index is -4.43. The molecular formula is C21H15NO4S. The van der Waals surface area contributed by atoms with Crippen molar-refractivity contribution in [3.05, 3.63) is 84.4 Å². The molecule has 0 unspecified atom stereocenters. The molecule has 134 valence electrons. The summed E-state index contributed by atoms with van der Waals surface area (Å²) < 4.78 is 33.2. The maximum absolute atomic E-state index is 12.8. The molecule has 2 N–H and O–H groups in total. The smallest absolute Gasteiger partial charge is 0.295 e. The summed E-state index contributed by atoms with van der Waals surface area (Å²) in [5.74, 6) is -0.358. The van der Waals surface area contributed by atoms with Gasteiger partial charge in [-0.3, -0.25) is 9.35 Å². The minimum absolute atomic E-state index is 0.223. The van der Waals surface area contributed by atoms with Crippen LogP contribution in [0.15, 0.2) is 83.8 Å². The van der Waals surface area contributed by atoms with Crippen molar-refractivity contribution in [1.29, 1.82) is 0 Å². The Morgan fingerprint density at radius 3 is 2.00 bits per heavy atom. The summed E-state index contributed by atoms with van der Waals surface area (Å²) in [5.41, 5.74) is 0.960. The van der Waals surface area contributed by atoms with Gasteiger partial charge in [0.25, 0.3) is 16.0 Å². The second-order valence-electron chi connectivity index (χ2n) is 6.15. The van der Waals surface area contributed by atoms with E-state index in [9.17, 15) is 17.8 Å². The van der Waals surface area contributed by atoms with Crippen molar-refractivity contribution < 1.29 is 17.8 Å². The van der Waals surface area contributed by atoms with E-state index in [1.54, 1.807) is 24.3 Å². The van der Waals surface area contributed by atoms with Crippen molar-refractivity contribution >= 4 is 43.3 Å². The second kappa shape index (κ2) is 6.50. The third-order valence-corrected chi connectivity index (χ3v) is 5.31. The SMILES string of the molecule is O=C(Nc1ccccc1)c1ccc(S(=O)(=O)O)c2cc3ccccc3cc12. The normalized spacial score (nSPS) is 11.6.